The lowest BCUT2D eigenvalue weighted by Crippen LogP contribution is -2.08. The van der Waals surface area contributed by atoms with Crippen LogP contribution in [0.5, 0.6) is 11.5 Å². The van der Waals surface area contributed by atoms with E-state index in [2.05, 4.69) is 0 Å². The summed E-state index contributed by atoms with van der Waals surface area (Å²) in [5.74, 6) is -0.262. The van der Waals surface area contributed by atoms with Crippen molar-refractivity contribution >= 4 is 5.97 Å². The molecule has 0 aliphatic heterocycles. The first-order valence-electron chi connectivity index (χ1n) is 4.45. The van der Waals surface area contributed by atoms with Crippen molar-refractivity contribution in [2.75, 3.05) is 0 Å². The molecule has 0 saturated heterocycles. The zero-order valence-corrected chi connectivity index (χ0v) is 8.25. The van der Waals surface area contributed by atoms with Crippen molar-refractivity contribution in [1.82, 2.24) is 0 Å². The van der Waals surface area contributed by atoms with Crippen molar-refractivity contribution in [2.45, 2.75) is 13.0 Å². The number of hydrogen-bond acceptors (Lipinski definition) is 3. The largest absolute Gasteiger partial charge is 0.508 e. The number of carboxylic acid groups (broad SMARTS) is 1. The third-order valence-electron chi connectivity index (χ3n) is 1.67. The van der Waals surface area contributed by atoms with Gasteiger partial charge in [-0.25, -0.2) is 4.79 Å². The molecule has 1 aromatic rings. The predicted octanol–water partition coefficient (Wildman–Crippen LogP) is 1.80. The molecule has 15 heavy (non-hydrogen) atoms. The SMILES string of the molecule is CC(/C=C/C(=O)O)Oc1ccc(O)cc1. The molecule has 0 aliphatic rings. The molecule has 0 amide bonds. The molecule has 0 saturated carbocycles. The van der Waals surface area contributed by atoms with Crippen LogP contribution in [-0.4, -0.2) is 22.3 Å². The fourth-order valence-corrected chi connectivity index (χ4v) is 0.996. The van der Waals surface area contributed by atoms with Crippen LogP contribution < -0.4 is 4.74 Å². The minimum Gasteiger partial charge on any atom is -0.508 e. The van der Waals surface area contributed by atoms with Gasteiger partial charge in [-0.2, -0.15) is 0 Å². The standard InChI is InChI=1S/C11H12O4/c1-8(2-7-11(13)14)15-10-5-3-9(12)4-6-10/h2-8,12H,1H3,(H,13,14)/b7-2+. The molecule has 0 bridgehead atoms. The Morgan fingerprint density at radius 3 is 2.53 bits per heavy atom. The van der Waals surface area contributed by atoms with E-state index in [9.17, 15) is 4.79 Å². The Kier molecular flexibility index (Phi) is 3.74. The van der Waals surface area contributed by atoms with Gasteiger partial charge in [0.05, 0.1) is 0 Å². The van der Waals surface area contributed by atoms with Gasteiger partial charge in [-0.05, 0) is 37.3 Å². The molecule has 0 radical (unpaired) electrons. The topological polar surface area (TPSA) is 66.8 Å². The summed E-state index contributed by atoms with van der Waals surface area (Å²) in [7, 11) is 0. The number of aromatic hydroxyl groups is 1. The van der Waals surface area contributed by atoms with Gasteiger partial charge in [-0.1, -0.05) is 0 Å². The van der Waals surface area contributed by atoms with Crippen LogP contribution in [-0.2, 0) is 4.79 Å². The number of phenols is 1. The van der Waals surface area contributed by atoms with E-state index in [0.717, 1.165) is 6.08 Å². The van der Waals surface area contributed by atoms with Crippen LogP contribution in [0.15, 0.2) is 36.4 Å². The van der Waals surface area contributed by atoms with Gasteiger partial charge in [0.25, 0.3) is 0 Å². The summed E-state index contributed by atoms with van der Waals surface area (Å²) in [6, 6.07) is 6.23. The molecule has 1 rings (SSSR count). The normalized spacial score (nSPS) is 12.6. The molecule has 1 atom stereocenters. The Labute approximate surface area is 87.4 Å². The Morgan fingerprint density at radius 1 is 1.40 bits per heavy atom. The summed E-state index contributed by atoms with van der Waals surface area (Å²) in [6.07, 6.45) is 2.14. The second kappa shape index (κ2) is 5.05. The molecule has 0 fully saturated rings. The molecule has 0 aliphatic carbocycles. The Hall–Kier alpha value is -1.97. The quantitative estimate of drug-likeness (QED) is 0.740. The zero-order valence-electron chi connectivity index (χ0n) is 8.25. The fourth-order valence-electron chi connectivity index (χ4n) is 0.996. The molecule has 80 valence electrons. The van der Waals surface area contributed by atoms with Gasteiger partial charge in [-0.3, -0.25) is 0 Å². The Balaban J connectivity index is 2.54. The lowest BCUT2D eigenvalue weighted by atomic mass is 10.3. The Bertz CT molecular complexity index is 353. The molecular weight excluding hydrogens is 196 g/mol. The molecule has 0 spiro atoms. The number of benzene rings is 1. The first kappa shape index (κ1) is 11.1. The number of aliphatic carboxylic acids is 1. The first-order chi connectivity index (χ1) is 7.08. The third-order valence-corrected chi connectivity index (χ3v) is 1.67. The minimum absolute atomic E-state index is 0.163. The maximum Gasteiger partial charge on any atom is 0.328 e. The van der Waals surface area contributed by atoms with Crippen molar-refractivity contribution in [3.05, 3.63) is 36.4 Å². The smallest absolute Gasteiger partial charge is 0.328 e. The van der Waals surface area contributed by atoms with Gasteiger partial charge in [0.2, 0.25) is 0 Å². The van der Waals surface area contributed by atoms with Crippen LogP contribution in [0.1, 0.15) is 6.92 Å². The van der Waals surface area contributed by atoms with E-state index >= 15 is 0 Å². The molecular formula is C11H12O4. The van der Waals surface area contributed by atoms with Crippen LogP contribution >= 0.6 is 0 Å². The number of carboxylic acids is 1. The van der Waals surface area contributed by atoms with E-state index in [4.69, 9.17) is 14.9 Å². The van der Waals surface area contributed by atoms with Crippen molar-refractivity contribution in [2.24, 2.45) is 0 Å². The van der Waals surface area contributed by atoms with Gasteiger partial charge in [-0.15, -0.1) is 0 Å². The highest BCUT2D eigenvalue weighted by atomic mass is 16.5. The average molecular weight is 208 g/mol. The van der Waals surface area contributed by atoms with Crippen LogP contribution in [0.3, 0.4) is 0 Å². The Morgan fingerprint density at radius 2 is 2.00 bits per heavy atom. The summed E-state index contributed by atoms with van der Waals surface area (Å²) in [6.45, 7) is 1.73. The van der Waals surface area contributed by atoms with Crippen molar-refractivity contribution in [1.29, 1.82) is 0 Å². The fraction of sp³-hybridized carbons (Fsp3) is 0.182. The summed E-state index contributed by atoms with van der Waals surface area (Å²) in [4.78, 5) is 10.2. The number of ether oxygens (including phenoxy) is 1. The molecule has 4 heteroatoms. The molecule has 0 heterocycles. The van der Waals surface area contributed by atoms with Gasteiger partial charge in [0.1, 0.15) is 17.6 Å². The monoisotopic (exact) mass is 208 g/mol. The highest BCUT2D eigenvalue weighted by Gasteiger charge is 2.00. The maximum absolute atomic E-state index is 10.2. The van der Waals surface area contributed by atoms with Gasteiger partial charge < -0.3 is 14.9 Å². The second-order valence-electron chi connectivity index (χ2n) is 3.01. The van der Waals surface area contributed by atoms with Gasteiger partial charge >= 0.3 is 5.97 Å². The summed E-state index contributed by atoms with van der Waals surface area (Å²) in [5.41, 5.74) is 0. The molecule has 0 aromatic heterocycles. The van der Waals surface area contributed by atoms with Crippen molar-refractivity contribution in [3.8, 4) is 11.5 Å². The predicted molar refractivity (Wildman–Crippen MR) is 55.0 cm³/mol. The lowest BCUT2D eigenvalue weighted by Gasteiger charge is -2.10. The summed E-state index contributed by atoms with van der Waals surface area (Å²) in [5, 5.41) is 17.4. The van der Waals surface area contributed by atoms with E-state index in [1.54, 1.807) is 19.1 Å². The van der Waals surface area contributed by atoms with Crippen LogP contribution in [0.25, 0.3) is 0 Å². The summed E-state index contributed by atoms with van der Waals surface area (Å²) >= 11 is 0. The number of carbonyl (C=O) groups is 1. The van der Waals surface area contributed by atoms with Crippen molar-refractivity contribution < 1.29 is 19.7 Å². The average Bonchev–Trinajstić information content (AvgIpc) is 2.19. The van der Waals surface area contributed by atoms with Crippen LogP contribution in [0.4, 0.5) is 0 Å². The van der Waals surface area contributed by atoms with Gasteiger partial charge in [0.15, 0.2) is 0 Å². The third kappa shape index (κ3) is 4.17. The van der Waals surface area contributed by atoms with E-state index in [0.29, 0.717) is 5.75 Å². The van der Waals surface area contributed by atoms with E-state index < -0.39 is 5.97 Å². The van der Waals surface area contributed by atoms with Crippen molar-refractivity contribution in [3.63, 3.8) is 0 Å². The summed E-state index contributed by atoms with van der Waals surface area (Å²) < 4.78 is 5.36. The molecule has 1 unspecified atom stereocenters. The number of phenolic OH excluding ortho intramolecular Hbond substituents is 1. The van der Waals surface area contributed by atoms with E-state index in [1.165, 1.54) is 18.2 Å². The first-order valence-corrected chi connectivity index (χ1v) is 4.45. The van der Waals surface area contributed by atoms with E-state index in [1.807, 2.05) is 0 Å². The highest BCUT2D eigenvalue weighted by Crippen LogP contribution is 2.17. The molecule has 2 N–H and O–H groups in total. The number of rotatable bonds is 4. The van der Waals surface area contributed by atoms with Crippen LogP contribution in [0.2, 0.25) is 0 Å². The lowest BCUT2D eigenvalue weighted by molar-refractivity contribution is -0.131. The highest BCUT2D eigenvalue weighted by molar-refractivity contribution is 5.79. The molecule has 1 aromatic carbocycles. The van der Waals surface area contributed by atoms with Crippen LogP contribution in [0, 0.1) is 0 Å². The zero-order chi connectivity index (χ0) is 11.3. The number of hydrogen-bond donors (Lipinski definition) is 2. The van der Waals surface area contributed by atoms with E-state index in [-0.39, 0.29) is 11.9 Å². The second-order valence-corrected chi connectivity index (χ2v) is 3.01. The van der Waals surface area contributed by atoms with Gasteiger partial charge in [0, 0.05) is 6.08 Å². The maximum atomic E-state index is 10.2. The minimum atomic E-state index is -1.00. The molecule has 4 nitrogen and oxygen atoms in total.